The molecule has 2 aromatic rings. The van der Waals surface area contributed by atoms with Crippen molar-refractivity contribution in [2.45, 2.75) is 6.92 Å². The average molecular weight is 359 g/mol. The van der Waals surface area contributed by atoms with E-state index in [2.05, 4.69) is 21.2 Å². The summed E-state index contributed by atoms with van der Waals surface area (Å²) in [4.78, 5) is 12.2. The lowest BCUT2D eigenvalue weighted by molar-refractivity contribution is 0.102. The van der Waals surface area contributed by atoms with E-state index in [9.17, 15) is 4.79 Å². The predicted octanol–water partition coefficient (Wildman–Crippen LogP) is 5.32. The van der Waals surface area contributed by atoms with Crippen molar-refractivity contribution in [3.63, 3.8) is 0 Å². The number of anilines is 1. The number of aryl methyl sites for hydroxylation is 1. The van der Waals surface area contributed by atoms with Gasteiger partial charge < -0.3 is 5.32 Å². The Hall–Kier alpha value is -1.03. The van der Waals surface area contributed by atoms with Crippen LogP contribution in [0.3, 0.4) is 0 Å². The highest BCUT2D eigenvalue weighted by atomic mass is 79.9. The van der Waals surface area contributed by atoms with Gasteiger partial charge in [0.2, 0.25) is 0 Å². The molecule has 0 spiro atoms. The van der Waals surface area contributed by atoms with Gasteiger partial charge in [0, 0.05) is 15.1 Å². The molecule has 1 N–H and O–H groups in total. The fourth-order valence-corrected chi connectivity index (χ4v) is 2.79. The van der Waals surface area contributed by atoms with Gasteiger partial charge in [0.15, 0.2) is 0 Å². The van der Waals surface area contributed by atoms with Crippen LogP contribution in [0.5, 0.6) is 0 Å². The first-order valence-electron chi connectivity index (χ1n) is 5.50. The van der Waals surface area contributed by atoms with Crippen molar-refractivity contribution in [2.24, 2.45) is 0 Å². The van der Waals surface area contributed by atoms with E-state index >= 15 is 0 Å². The number of halogens is 3. The Labute approximate surface area is 129 Å². The van der Waals surface area contributed by atoms with Crippen LogP contribution < -0.4 is 5.32 Å². The van der Waals surface area contributed by atoms with E-state index in [1.165, 1.54) is 0 Å². The summed E-state index contributed by atoms with van der Waals surface area (Å²) in [6.07, 6.45) is 0. The van der Waals surface area contributed by atoms with Crippen LogP contribution in [0, 0.1) is 6.92 Å². The lowest BCUT2D eigenvalue weighted by Crippen LogP contribution is -2.13. The minimum absolute atomic E-state index is 0.251. The molecule has 0 aliphatic carbocycles. The molecule has 0 aromatic heterocycles. The van der Waals surface area contributed by atoms with E-state index in [0.717, 1.165) is 10.0 Å². The number of benzene rings is 2. The zero-order chi connectivity index (χ0) is 14.0. The number of nitrogens with one attached hydrogen (secondary N) is 1. The molecule has 0 bridgehead atoms. The fourth-order valence-electron chi connectivity index (χ4n) is 1.66. The topological polar surface area (TPSA) is 29.1 Å². The zero-order valence-electron chi connectivity index (χ0n) is 10.0. The van der Waals surface area contributed by atoms with Crippen LogP contribution in [0.1, 0.15) is 15.9 Å². The first-order valence-corrected chi connectivity index (χ1v) is 7.05. The van der Waals surface area contributed by atoms with E-state index < -0.39 is 0 Å². The molecule has 19 heavy (non-hydrogen) atoms. The number of carbonyl (C=O) groups excluding carboxylic acids is 1. The van der Waals surface area contributed by atoms with Crippen LogP contribution in [0.4, 0.5) is 5.69 Å². The minimum Gasteiger partial charge on any atom is -0.320 e. The molecule has 0 saturated carbocycles. The molecule has 2 aromatic carbocycles. The lowest BCUT2D eigenvalue weighted by atomic mass is 10.1. The molecule has 0 aliphatic heterocycles. The van der Waals surface area contributed by atoms with Gasteiger partial charge in [-0.05, 0) is 36.8 Å². The van der Waals surface area contributed by atoms with E-state index in [0.29, 0.717) is 21.3 Å². The van der Waals surface area contributed by atoms with Crippen LogP contribution in [0.15, 0.2) is 40.9 Å². The SMILES string of the molecule is Cc1cccc(Cl)c1NC(=O)c1cc(Cl)cc(Br)c1. The van der Waals surface area contributed by atoms with Crippen molar-refractivity contribution < 1.29 is 4.79 Å². The van der Waals surface area contributed by atoms with Crippen LogP contribution in [0.25, 0.3) is 0 Å². The van der Waals surface area contributed by atoms with E-state index in [4.69, 9.17) is 23.2 Å². The highest BCUT2D eigenvalue weighted by Gasteiger charge is 2.11. The van der Waals surface area contributed by atoms with Crippen LogP contribution >= 0.6 is 39.1 Å². The number of amides is 1. The van der Waals surface area contributed by atoms with Crippen molar-refractivity contribution in [3.05, 3.63) is 62.0 Å². The third kappa shape index (κ3) is 3.50. The van der Waals surface area contributed by atoms with E-state index in [1.54, 1.807) is 24.3 Å². The Kier molecular flexibility index (Phi) is 4.50. The lowest BCUT2D eigenvalue weighted by Gasteiger charge is -2.10. The molecule has 2 nitrogen and oxygen atoms in total. The van der Waals surface area contributed by atoms with E-state index in [1.807, 2.05) is 19.1 Å². The summed E-state index contributed by atoms with van der Waals surface area (Å²) in [5, 5.41) is 3.80. The number of rotatable bonds is 2. The standard InChI is InChI=1S/C14H10BrCl2NO/c1-8-3-2-4-12(17)13(8)18-14(19)9-5-10(15)7-11(16)6-9/h2-7H,1H3,(H,18,19). The number of hydrogen-bond acceptors (Lipinski definition) is 1. The smallest absolute Gasteiger partial charge is 0.255 e. The van der Waals surface area contributed by atoms with Crippen molar-refractivity contribution in [1.82, 2.24) is 0 Å². The van der Waals surface area contributed by atoms with Crippen LogP contribution in [-0.4, -0.2) is 5.91 Å². The Morgan fingerprint density at radius 2 is 1.95 bits per heavy atom. The Bertz CT molecular complexity index is 603. The van der Waals surface area contributed by atoms with Crippen molar-refractivity contribution in [1.29, 1.82) is 0 Å². The molecule has 0 heterocycles. The first kappa shape index (κ1) is 14.4. The van der Waals surface area contributed by atoms with Gasteiger partial charge in [-0.3, -0.25) is 4.79 Å². The summed E-state index contributed by atoms with van der Waals surface area (Å²) >= 11 is 15.3. The van der Waals surface area contributed by atoms with E-state index in [-0.39, 0.29) is 5.91 Å². The van der Waals surface area contributed by atoms with Crippen LogP contribution in [-0.2, 0) is 0 Å². The maximum Gasteiger partial charge on any atom is 0.255 e. The first-order chi connectivity index (χ1) is 8.97. The summed E-state index contributed by atoms with van der Waals surface area (Å²) in [7, 11) is 0. The summed E-state index contributed by atoms with van der Waals surface area (Å²) < 4.78 is 0.751. The van der Waals surface area contributed by atoms with Gasteiger partial charge in [-0.25, -0.2) is 0 Å². The summed E-state index contributed by atoms with van der Waals surface area (Å²) in [5.41, 5.74) is 1.99. The van der Waals surface area contributed by atoms with Gasteiger partial charge in [0.05, 0.1) is 10.7 Å². The Balaban J connectivity index is 2.31. The average Bonchev–Trinajstić information content (AvgIpc) is 2.32. The zero-order valence-corrected chi connectivity index (χ0v) is 13.1. The number of carbonyl (C=O) groups is 1. The van der Waals surface area contributed by atoms with Crippen molar-refractivity contribution in [3.8, 4) is 0 Å². The normalized spacial score (nSPS) is 10.3. The van der Waals surface area contributed by atoms with Gasteiger partial charge in [-0.2, -0.15) is 0 Å². The third-order valence-electron chi connectivity index (χ3n) is 2.59. The van der Waals surface area contributed by atoms with Gasteiger partial charge in [-0.15, -0.1) is 0 Å². The van der Waals surface area contributed by atoms with Gasteiger partial charge in [-0.1, -0.05) is 51.3 Å². The Morgan fingerprint density at radius 3 is 2.58 bits per heavy atom. The summed E-state index contributed by atoms with van der Waals surface area (Å²) in [6.45, 7) is 1.88. The highest BCUT2D eigenvalue weighted by molar-refractivity contribution is 9.10. The molecule has 0 fully saturated rings. The quantitative estimate of drug-likeness (QED) is 0.773. The minimum atomic E-state index is -0.251. The largest absolute Gasteiger partial charge is 0.320 e. The Morgan fingerprint density at radius 1 is 1.21 bits per heavy atom. The third-order valence-corrected chi connectivity index (χ3v) is 3.58. The molecule has 0 aliphatic rings. The molecular weight excluding hydrogens is 349 g/mol. The summed E-state index contributed by atoms with van der Waals surface area (Å²) in [5.74, 6) is -0.251. The summed E-state index contributed by atoms with van der Waals surface area (Å²) in [6, 6.07) is 10.5. The maximum absolute atomic E-state index is 12.2. The second-order valence-corrected chi connectivity index (χ2v) is 5.80. The fraction of sp³-hybridized carbons (Fsp3) is 0.0714. The number of para-hydroxylation sites is 1. The number of hydrogen-bond donors (Lipinski definition) is 1. The molecule has 0 radical (unpaired) electrons. The molecule has 98 valence electrons. The van der Waals surface area contributed by atoms with Gasteiger partial charge in [0.1, 0.15) is 0 Å². The highest BCUT2D eigenvalue weighted by Crippen LogP contribution is 2.26. The second-order valence-electron chi connectivity index (χ2n) is 4.04. The maximum atomic E-state index is 12.2. The van der Waals surface area contributed by atoms with Crippen LogP contribution in [0.2, 0.25) is 10.0 Å². The molecule has 0 saturated heterocycles. The van der Waals surface area contributed by atoms with Gasteiger partial charge in [0.25, 0.3) is 5.91 Å². The van der Waals surface area contributed by atoms with Crippen molar-refractivity contribution in [2.75, 3.05) is 5.32 Å². The molecule has 0 atom stereocenters. The van der Waals surface area contributed by atoms with Gasteiger partial charge >= 0.3 is 0 Å². The predicted molar refractivity (Wildman–Crippen MR) is 83.3 cm³/mol. The molecule has 1 amide bonds. The molecule has 2 rings (SSSR count). The molecule has 0 unspecified atom stereocenters. The second kappa shape index (κ2) is 5.95. The van der Waals surface area contributed by atoms with Crippen molar-refractivity contribution >= 4 is 50.7 Å². The molecular formula is C14H10BrCl2NO. The monoisotopic (exact) mass is 357 g/mol. The molecule has 5 heteroatoms.